The number of halogens is 1. The molecule has 5 rings (SSSR count). The molecule has 0 fully saturated rings. The third-order valence-electron chi connectivity index (χ3n) is 6.28. The second kappa shape index (κ2) is 10.4. The molecule has 1 N–H and O–H groups in total. The molecule has 0 bridgehead atoms. The molecule has 1 atom stereocenters. The number of ether oxygens (including phenoxy) is 2. The van der Waals surface area contributed by atoms with Gasteiger partial charge in [0, 0.05) is 15.5 Å². The molecule has 0 spiro atoms. The van der Waals surface area contributed by atoms with E-state index in [1.54, 1.807) is 67.8 Å². The Balaban J connectivity index is 1.57. The highest BCUT2D eigenvalue weighted by molar-refractivity contribution is 9.10. The van der Waals surface area contributed by atoms with Gasteiger partial charge in [0.25, 0.3) is 5.91 Å². The van der Waals surface area contributed by atoms with E-state index in [1.807, 2.05) is 12.1 Å². The van der Waals surface area contributed by atoms with Crippen LogP contribution in [0.1, 0.15) is 36.0 Å². The van der Waals surface area contributed by atoms with Gasteiger partial charge in [0.2, 0.25) is 5.78 Å². The second-order valence-electron chi connectivity index (χ2n) is 9.43. The summed E-state index contributed by atoms with van der Waals surface area (Å²) in [6, 6.07) is 20.2. The molecule has 0 saturated carbocycles. The third-order valence-corrected chi connectivity index (χ3v) is 6.78. The summed E-state index contributed by atoms with van der Waals surface area (Å²) in [5.74, 6) is -0.171. The maximum atomic E-state index is 13.8. The lowest BCUT2D eigenvalue weighted by molar-refractivity contribution is -0.117. The van der Waals surface area contributed by atoms with E-state index < -0.39 is 23.5 Å². The van der Waals surface area contributed by atoms with Crippen LogP contribution < -0.4 is 14.4 Å². The first-order valence-corrected chi connectivity index (χ1v) is 12.9. The standard InChI is InChI=1S/C30H26BrNO6/c1-17(2)16-37-23-11-7-21(8-12-23)32-27(18-4-9-22(36-3)10-5-18)26(29(34)30(32)35)28(33)25-15-19-14-20(31)6-13-24(19)38-25/h4-15,17,27,34H,16H2,1-3H3. The van der Waals surface area contributed by atoms with Gasteiger partial charge in [-0.1, -0.05) is 41.9 Å². The Morgan fingerprint density at radius 2 is 1.71 bits per heavy atom. The minimum absolute atomic E-state index is 0.0326. The second-order valence-corrected chi connectivity index (χ2v) is 10.3. The topological polar surface area (TPSA) is 89.2 Å². The number of ketones is 1. The number of methoxy groups -OCH3 is 1. The molecule has 0 aliphatic carbocycles. The number of nitrogens with zero attached hydrogens (tertiary/aromatic N) is 1. The van der Waals surface area contributed by atoms with E-state index in [-0.39, 0.29) is 11.3 Å². The smallest absolute Gasteiger partial charge is 0.294 e. The van der Waals surface area contributed by atoms with Crippen LogP contribution in [0.4, 0.5) is 5.69 Å². The fourth-order valence-electron chi connectivity index (χ4n) is 4.43. The van der Waals surface area contributed by atoms with Crippen molar-refractivity contribution >= 4 is 44.3 Å². The summed E-state index contributed by atoms with van der Waals surface area (Å²) >= 11 is 3.42. The number of benzene rings is 3. The number of aliphatic hydroxyl groups is 1. The molecule has 1 aliphatic rings. The normalized spacial score (nSPS) is 15.6. The van der Waals surface area contributed by atoms with Gasteiger partial charge in [0.05, 0.1) is 25.3 Å². The molecular weight excluding hydrogens is 550 g/mol. The Labute approximate surface area is 228 Å². The Bertz CT molecular complexity index is 1540. The first kappa shape index (κ1) is 25.6. The number of hydrogen-bond donors (Lipinski definition) is 1. The van der Waals surface area contributed by atoms with Crippen molar-refractivity contribution in [3.05, 3.63) is 99.9 Å². The van der Waals surface area contributed by atoms with Gasteiger partial charge in [-0.25, -0.2) is 0 Å². The molecule has 1 amide bonds. The number of furan rings is 1. The van der Waals surface area contributed by atoms with Crippen LogP contribution in [0.25, 0.3) is 11.0 Å². The van der Waals surface area contributed by atoms with Crippen LogP contribution in [-0.2, 0) is 4.79 Å². The van der Waals surface area contributed by atoms with Crippen LogP contribution in [0.2, 0.25) is 0 Å². The number of rotatable bonds is 8. The average Bonchev–Trinajstić information content (AvgIpc) is 3.45. The Hall–Kier alpha value is -4.04. The van der Waals surface area contributed by atoms with Gasteiger partial charge in [-0.3, -0.25) is 14.5 Å². The summed E-state index contributed by atoms with van der Waals surface area (Å²) in [7, 11) is 1.56. The highest BCUT2D eigenvalue weighted by atomic mass is 79.9. The molecule has 0 saturated heterocycles. The summed E-state index contributed by atoms with van der Waals surface area (Å²) in [6.45, 7) is 4.68. The zero-order valence-corrected chi connectivity index (χ0v) is 22.7. The number of aliphatic hydroxyl groups excluding tert-OH is 1. The summed E-state index contributed by atoms with van der Waals surface area (Å²) in [5, 5.41) is 11.8. The van der Waals surface area contributed by atoms with Crippen LogP contribution in [0.3, 0.4) is 0 Å². The lowest BCUT2D eigenvalue weighted by atomic mass is 9.94. The molecular formula is C30H26BrNO6. The van der Waals surface area contributed by atoms with E-state index in [4.69, 9.17) is 13.9 Å². The van der Waals surface area contributed by atoms with Gasteiger partial charge in [0.1, 0.15) is 17.1 Å². The fourth-order valence-corrected chi connectivity index (χ4v) is 4.81. The highest BCUT2D eigenvalue weighted by Crippen LogP contribution is 2.43. The summed E-state index contributed by atoms with van der Waals surface area (Å²) in [5.41, 5.74) is 1.61. The lowest BCUT2D eigenvalue weighted by Gasteiger charge is -2.27. The van der Waals surface area contributed by atoms with E-state index in [1.165, 1.54) is 4.90 Å². The third kappa shape index (κ3) is 4.79. The average molecular weight is 576 g/mol. The SMILES string of the molecule is COc1ccc(C2C(C(=O)c3cc4cc(Br)ccc4o3)=C(O)C(=O)N2c2ccc(OCC(C)C)cc2)cc1. The minimum atomic E-state index is -0.886. The van der Waals surface area contributed by atoms with Crippen molar-refractivity contribution in [2.24, 2.45) is 5.92 Å². The maximum Gasteiger partial charge on any atom is 0.294 e. The van der Waals surface area contributed by atoms with Crippen molar-refractivity contribution in [3.63, 3.8) is 0 Å². The van der Waals surface area contributed by atoms with Gasteiger partial charge in [-0.05, 0) is 72.1 Å². The summed E-state index contributed by atoms with van der Waals surface area (Å²) in [4.78, 5) is 28.7. The van der Waals surface area contributed by atoms with Crippen molar-refractivity contribution in [2.45, 2.75) is 19.9 Å². The Kier molecular flexibility index (Phi) is 6.99. The monoisotopic (exact) mass is 575 g/mol. The van der Waals surface area contributed by atoms with Gasteiger partial charge in [-0.2, -0.15) is 0 Å². The summed E-state index contributed by atoms with van der Waals surface area (Å²) < 4.78 is 17.7. The van der Waals surface area contributed by atoms with Crippen LogP contribution in [0.15, 0.2) is 93.0 Å². The van der Waals surface area contributed by atoms with Crippen molar-refractivity contribution in [1.29, 1.82) is 0 Å². The molecule has 8 heteroatoms. The van der Waals surface area contributed by atoms with Gasteiger partial charge in [-0.15, -0.1) is 0 Å². The van der Waals surface area contributed by atoms with E-state index in [2.05, 4.69) is 29.8 Å². The van der Waals surface area contributed by atoms with Gasteiger partial charge in [0.15, 0.2) is 11.5 Å². The Morgan fingerprint density at radius 1 is 1.03 bits per heavy atom. The van der Waals surface area contributed by atoms with E-state index in [0.717, 1.165) is 9.86 Å². The number of carbonyl (C=O) groups excluding carboxylic acids is 2. The molecule has 1 unspecified atom stereocenters. The lowest BCUT2D eigenvalue weighted by Crippen LogP contribution is -2.31. The van der Waals surface area contributed by atoms with Crippen LogP contribution >= 0.6 is 15.9 Å². The molecule has 194 valence electrons. The maximum absolute atomic E-state index is 13.8. The molecule has 1 aromatic heterocycles. The van der Waals surface area contributed by atoms with Crippen molar-refractivity contribution in [2.75, 3.05) is 18.6 Å². The number of fused-ring (bicyclic) bond motifs is 1. The summed E-state index contributed by atoms with van der Waals surface area (Å²) in [6.07, 6.45) is 0. The molecule has 7 nitrogen and oxygen atoms in total. The first-order valence-electron chi connectivity index (χ1n) is 12.1. The van der Waals surface area contributed by atoms with E-state index >= 15 is 0 Å². The number of anilines is 1. The molecule has 2 heterocycles. The number of hydrogen-bond acceptors (Lipinski definition) is 6. The number of carbonyl (C=O) groups is 2. The predicted octanol–water partition coefficient (Wildman–Crippen LogP) is 7.02. The van der Waals surface area contributed by atoms with E-state index in [9.17, 15) is 14.7 Å². The predicted molar refractivity (Wildman–Crippen MR) is 148 cm³/mol. The van der Waals surface area contributed by atoms with Gasteiger partial charge < -0.3 is 19.0 Å². The number of amides is 1. The Morgan fingerprint density at radius 3 is 2.37 bits per heavy atom. The molecule has 0 radical (unpaired) electrons. The molecule has 38 heavy (non-hydrogen) atoms. The minimum Gasteiger partial charge on any atom is -0.503 e. The van der Waals surface area contributed by atoms with Crippen LogP contribution in [-0.4, -0.2) is 30.5 Å². The molecule has 1 aliphatic heterocycles. The van der Waals surface area contributed by atoms with E-state index in [0.29, 0.717) is 40.9 Å². The molecule has 3 aromatic carbocycles. The van der Waals surface area contributed by atoms with Crippen LogP contribution in [0.5, 0.6) is 11.5 Å². The zero-order chi connectivity index (χ0) is 27.0. The number of Topliss-reactive ketones (excluding diaryl/α,β-unsaturated/α-hetero) is 1. The molecule has 4 aromatic rings. The first-order chi connectivity index (χ1) is 18.3. The quantitative estimate of drug-likeness (QED) is 0.227. The van der Waals surface area contributed by atoms with Gasteiger partial charge >= 0.3 is 0 Å². The van der Waals surface area contributed by atoms with Crippen LogP contribution in [0, 0.1) is 5.92 Å². The zero-order valence-electron chi connectivity index (χ0n) is 21.1. The largest absolute Gasteiger partial charge is 0.503 e. The fraction of sp³-hybridized carbons (Fsp3) is 0.200. The van der Waals surface area contributed by atoms with Crippen molar-refractivity contribution < 1.29 is 28.6 Å². The highest BCUT2D eigenvalue weighted by Gasteiger charge is 2.45. The van der Waals surface area contributed by atoms with Crippen molar-refractivity contribution in [3.8, 4) is 11.5 Å². The van der Waals surface area contributed by atoms with Crippen molar-refractivity contribution in [1.82, 2.24) is 0 Å².